The van der Waals surface area contributed by atoms with Crippen LogP contribution in [0.15, 0.2) is 0 Å². The van der Waals surface area contributed by atoms with Gasteiger partial charge < -0.3 is 5.32 Å². The molecule has 0 saturated heterocycles. The molecule has 82 valence electrons. The van der Waals surface area contributed by atoms with Crippen LogP contribution in [0.25, 0.3) is 0 Å². The third-order valence-corrected chi connectivity index (χ3v) is 1.95. The molecular weight excluding hydrogens is 196 g/mol. The molecule has 0 aliphatic carbocycles. The van der Waals surface area contributed by atoms with Crippen molar-refractivity contribution in [2.45, 2.75) is 34.6 Å². The van der Waals surface area contributed by atoms with E-state index in [2.05, 4.69) is 26.1 Å². The molecule has 0 aromatic carbocycles. The van der Waals surface area contributed by atoms with E-state index >= 15 is 0 Å². The Kier molecular flexibility index (Phi) is 5.05. The molecule has 0 aromatic heterocycles. The standard InChI is InChI=1S/C10H20N2OS/c1-6-11-9(14)12(8(2)13)7-10(3,4)5/h6-7H2,1-5H3,(H,11,14). The minimum absolute atomic E-state index is 0.00845. The molecule has 14 heavy (non-hydrogen) atoms. The fourth-order valence-corrected chi connectivity index (χ4v) is 1.38. The molecule has 0 aliphatic rings. The largest absolute Gasteiger partial charge is 0.362 e. The minimum Gasteiger partial charge on any atom is -0.362 e. The van der Waals surface area contributed by atoms with Gasteiger partial charge in [0.1, 0.15) is 0 Å². The summed E-state index contributed by atoms with van der Waals surface area (Å²) in [6, 6.07) is 0. The highest BCUT2D eigenvalue weighted by Crippen LogP contribution is 2.15. The van der Waals surface area contributed by atoms with Gasteiger partial charge in [-0.25, -0.2) is 0 Å². The van der Waals surface area contributed by atoms with Crippen LogP contribution in [-0.4, -0.2) is 29.0 Å². The number of rotatable bonds is 2. The van der Waals surface area contributed by atoms with Crippen molar-refractivity contribution in [2.75, 3.05) is 13.1 Å². The second-order valence-corrected chi connectivity index (χ2v) is 4.89. The number of hydrogen-bond donors (Lipinski definition) is 1. The lowest BCUT2D eigenvalue weighted by Gasteiger charge is -2.29. The van der Waals surface area contributed by atoms with E-state index in [0.29, 0.717) is 11.7 Å². The highest BCUT2D eigenvalue weighted by molar-refractivity contribution is 7.80. The second kappa shape index (κ2) is 5.29. The minimum atomic E-state index is -0.00845. The molecule has 0 aliphatic heterocycles. The molecule has 0 rings (SSSR count). The zero-order chi connectivity index (χ0) is 11.4. The molecule has 0 saturated carbocycles. The van der Waals surface area contributed by atoms with Gasteiger partial charge >= 0.3 is 0 Å². The van der Waals surface area contributed by atoms with Crippen molar-refractivity contribution in [2.24, 2.45) is 5.41 Å². The topological polar surface area (TPSA) is 32.3 Å². The van der Waals surface area contributed by atoms with Crippen molar-refractivity contribution in [3.05, 3.63) is 0 Å². The number of nitrogens with one attached hydrogen (secondary N) is 1. The Morgan fingerprint density at radius 3 is 2.21 bits per heavy atom. The van der Waals surface area contributed by atoms with E-state index in [4.69, 9.17) is 12.2 Å². The molecule has 4 heteroatoms. The van der Waals surface area contributed by atoms with Gasteiger partial charge in [-0.15, -0.1) is 0 Å². The predicted molar refractivity (Wildman–Crippen MR) is 63.1 cm³/mol. The molecule has 0 heterocycles. The molecule has 0 aromatic rings. The highest BCUT2D eigenvalue weighted by Gasteiger charge is 2.21. The lowest BCUT2D eigenvalue weighted by atomic mass is 9.96. The molecule has 1 N–H and O–H groups in total. The van der Waals surface area contributed by atoms with Crippen molar-refractivity contribution in [1.82, 2.24) is 10.2 Å². The maximum absolute atomic E-state index is 11.3. The number of hydrogen-bond acceptors (Lipinski definition) is 2. The quantitative estimate of drug-likeness (QED) is 0.714. The Labute approximate surface area is 91.9 Å². The van der Waals surface area contributed by atoms with Crippen LogP contribution in [0.2, 0.25) is 0 Å². The Morgan fingerprint density at radius 2 is 1.93 bits per heavy atom. The second-order valence-electron chi connectivity index (χ2n) is 4.50. The fourth-order valence-electron chi connectivity index (χ4n) is 1.05. The number of carbonyl (C=O) groups excluding carboxylic acids is 1. The Balaban J connectivity index is 4.45. The normalized spacial score (nSPS) is 10.9. The van der Waals surface area contributed by atoms with Crippen molar-refractivity contribution < 1.29 is 4.79 Å². The van der Waals surface area contributed by atoms with E-state index in [1.807, 2.05) is 6.92 Å². The Bertz CT molecular complexity index is 221. The number of nitrogens with zero attached hydrogens (tertiary/aromatic N) is 1. The first-order chi connectivity index (χ1) is 6.28. The average molecular weight is 216 g/mol. The van der Waals surface area contributed by atoms with Crippen LogP contribution < -0.4 is 5.32 Å². The summed E-state index contributed by atoms with van der Waals surface area (Å²) in [4.78, 5) is 12.9. The summed E-state index contributed by atoms with van der Waals surface area (Å²) in [5.74, 6) is -0.00845. The Hall–Kier alpha value is -0.640. The van der Waals surface area contributed by atoms with Gasteiger partial charge in [0.25, 0.3) is 0 Å². The van der Waals surface area contributed by atoms with Gasteiger partial charge in [0.15, 0.2) is 5.11 Å². The third-order valence-electron chi connectivity index (χ3n) is 1.59. The third kappa shape index (κ3) is 5.17. The first kappa shape index (κ1) is 13.4. The number of thiocarbonyl (C=S) groups is 1. The smallest absolute Gasteiger partial charge is 0.225 e. The summed E-state index contributed by atoms with van der Waals surface area (Å²) in [5.41, 5.74) is 0.0607. The lowest BCUT2D eigenvalue weighted by molar-refractivity contribution is -0.126. The van der Waals surface area contributed by atoms with E-state index in [9.17, 15) is 4.79 Å². The van der Waals surface area contributed by atoms with E-state index in [0.717, 1.165) is 6.54 Å². The molecule has 0 fully saturated rings. The molecule has 0 spiro atoms. The maximum Gasteiger partial charge on any atom is 0.225 e. The van der Waals surface area contributed by atoms with Gasteiger partial charge in [-0.1, -0.05) is 20.8 Å². The van der Waals surface area contributed by atoms with Crippen LogP contribution in [-0.2, 0) is 4.79 Å². The molecule has 0 radical (unpaired) electrons. The maximum atomic E-state index is 11.3. The van der Waals surface area contributed by atoms with Crippen LogP contribution in [0.4, 0.5) is 0 Å². The van der Waals surface area contributed by atoms with Gasteiger partial charge in [-0.3, -0.25) is 9.69 Å². The average Bonchev–Trinajstić information content (AvgIpc) is 1.98. The predicted octanol–water partition coefficient (Wildman–Crippen LogP) is 1.78. The summed E-state index contributed by atoms with van der Waals surface area (Å²) in [5, 5.41) is 3.51. The fraction of sp³-hybridized carbons (Fsp3) is 0.800. The van der Waals surface area contributed by atoms with Gasteiger partial charge in [0, 0.05) is 20.0 Å². The van der Waals surface area contributed by atoms with Crippen molar-refractivity contribution >= 4 is 23.2 Å². The van der Waals surface area contributed by atoms with Crippen molar-refractivity contribution in [1.29, 1.82) is 0 Å². The molecule has 0 unspecified atom stereocenters. The van der Waals surface area contributed by atoms with Crippen LogP contribution in [0.5, 0.6) is 0 Å². The van der Waals surface area contributed by atoms with Crippen LogP contribution >= 0.6 is 12.2 Å². The Morgan fingerprint density at radius 1 is 1.43 bits per heavy atom. The summed E-state index contributed by atoms with van der Waals surface area (Å²) < 4.78 is 0. The van der Waals surface area contributed by atoms with Gasteiger partial charge in [0.05, 0.1) is 0 Å². The molecule has 0 atom stereocenters. The summed E-state index contributed by atoms with van der Waals surface area (Å²) in [6.07, 6.45) is 0. The van der Waals surface area contributed by atoms with Gasteiger partial charge in [-0.05, 0) is 24.6 Å². The zero-order valence-electron chi connectivity index (χ0n) is 9.68. The van der Waals surface area contributed by atoms with E-state index in [1.165, 1.54) is 6.92 Å². The summed E-state index contributed by atoms with van der Waals surface area (Å²) in [6.45, 7) is 11.1. The molecule has 0 bridgehead atoms. The monoisotopic (exact) mass is 216 g/mol. The highest BCUT2D eigenvalue weighted by atomic mass is 32.1. The van der Waals surface area contributed by atoms with E-state index in [1.54, 1.807) is 4.90 Å². The molecular formula is C10H20N2OS. The summed E-state index contributed by atoms with van der Waals surface area (Å²) >= 11 is 5.11. The van der Waals surface area contributed by atoms with Gasteiger partial charge in [-0.2, -0.15) is 0 Å². The number of carbonyl (C=O) groups is 1. The first-order valence-electron chi connectivity index (χ1n) is 4.84. The zero-order valence-corrected chi connectivity index (χ0v) is 10.5. The molecule has 1 amide bonds. The van der Waals surface area contributed by atoms with Crippen LogP contribution in [0.3, 0.4) is 0 Å². The summed E-state index contributed by atoms with van der Waals surface area (Å²) in [7, 11) is 0. The first-order valence-corrected chi connectivity index (χ1v) is 5.24. The van der Waals surface area contributed by atoms with E-state index in [-0.39, 0.29) is 11.3 Å². The SMILES string of the molecule is CCNC(=S)N(CC(C)(C)C)C(C)=O. The van der Waals surface area contributed by atoms with Crippen LogP contribution in [0.1, 0.15) is 34.6 Å². The van der Waals surface area contributed by atoms with Gasteiger partial charge in [0.2, 0.25) is 5.91 Å². The van der Waals surface area contributed by atoms with E-state index < -0.39 is 0 Å². The van der Waals surface area contributed by atoms with Crippen molar-refractivity contribution in [3.63, 3.8) is 0 Å². The van der Waals surface area contributed by atoms with Crippen LogP contribution in [0, 0.1) is 5.41 Å². The number of amides is 1. The molecule has 3 nitrogen and oxygen atoms in total. The van der Waals surface area contributed by atoms with Crippen molar-refractivity contribution in [3.8, 4) is 0 Å². The lowest BCUT2D eigenvalue weighted by Crippen LogP contribution is -2.46.